The van der Waals surface area contributed by atoms with Crippen molar-refractivity contribution in [1.82, 2.24) is 4.31 Å². The van der Waals surface area contributed by atoms with Crippen molar-refractivity contribution in [2.75, 3.05) is 23.5 Å². The largest absolute Gasteiger partial charge is 0.398 e. The molecule has 0 saturated carbocycles. The molecule has 0 aromatic heterocycles. The Morgan fingerprint density at radius 1 is 1.42 bits per heavy atom. The molecule has 1 aliphatic rings. The van der Waals surface area contributed by atoms with Crippen LogP contribution in [-0.2, 0) is 10.2 Å². The van der Waals surface area contributed by atoms with E-state index in [4.69, 9.17) is 5.73 Å². The van der Waals surface area contributed by atoms with Gasteiger partial charge in [0.15, 0.2) is 0 Å². The highest BCUT2D eigenvalue weighted by molar-refractivity contribution is 7.90. The summed E-state index contributed by atoms with van der Waals surface area (Å²) in [4.78, 5) is 0. The van der Waals surface area contributed by atoms with Crippen molar-refractivity contribution in [3.05, 3.63) is 23.8 Å². The number of rotatable bonds is 3. The third-order valence-electron chi connectivity index (χ3n) is 3.57. The molecule has 1 aliphatic heterocycles. The molecular formula is C13H21N3O2S. The van der Waals surface area contributed by atoms with Crippen LogP contribution in [0.1, 0.15) is 25.3 Å². The predicted molar refractivity (Wildman–Crippen MR) is 78.1 cm³/mol. The molecule has 19 heavy (non-hydrogen) atoms. The van der Waals surface area contributed by atoms with Crippen LogP contribution >= 0.6 is 0 Å². The van der Waals surface area contributed by atoms with Gasteiger partial charge in [0.1, 0.15) is 0 Å². The molecule has 1 aromatic rings. The minimum atomic E-state index is -3.48. The van der Waals surface area contributed by atoms with Crippen LogP contribution in [0.2, 0.25) is 0 Å². The average molecular weight is 283 g/mol. The Balaban J connectivity index is 2.19. The van der Waals surface area contributed by atoms with Crippen molar-refractivity contribution >= 4 is 21.6 Å². The molecule has 5 nitrogen and oxygen atoms in total. The van der Waals surface area contributed by atoms with E-state index in [0.717, 1.165) is 18.4 Å². The van der Waals surface area contributed by atoms with Gasteiger partial charge in [-0.2, -0.15) is 12.7 Å². The van der Waals surface area contributed by atoms with E-state index < -0.39 is 10.2 Å². The molecule has 106 valence electrons. The van der Waals surface area contributed by atoms with E-state index in [2.05, 4.69) is 11.6 Å². The van der Waals surface area contributed by atoms with E-state index in [0.29, 0.717) is 30.4 Å². The first kappa shape index (κ1) is 14.1. The molecule has 1 fully saturated rings. The van der Waals surface area contributed by atoms with Crippen molar-refractivity contribution in [3.63, 3.8) is 0 Å². The number of hydrogen-bond donors (Lipinski definition) is 2. The smallest absolute Gasteiger partial charge is 0.301 e. The normalized spacial score (nSPS) is 21.3. The molecule has 0 radical (unpaired) electrons. The summed E-state index contributed by atoms with van der Waals surface area (Å²) in [6, 6.07) is 5.24. The summed E-state index contributed by atoms with van der Waals surface area (Å²) >= 11 is 0. The van der Waals surface area contributed by atoms with Crippen molar-refractivity contribution in [3.8, 4) is 0 Å². The van der Waals surface area contributed by atoms with Crippen LogP contribution in [0.4, 0.5) is 11.4 Å². The zero-order valence-corrected chi connectivity index (χ0v) is 12.2. The van der Waals surface area contributed by atoms with Crippen molar-refractivity contribution in [2.45, 2.75) is 26.7 Å². The maximum Gasteiger partial charge on any atom is 0.301 e. The molecule has 0 amide bonds. The number of hydrogen-bond acceptors (Lipinski definition) is 3. The van der Waals surface area contributed by atoms with Gasteiger partial charge in [0.05, 0.1) is 5.69 Å². The van der Waals surface area contributed by atoms with E-state index in [1.165, 1.54) is 4.31 Å². The van der Waals surface area contributed by atoms with Gasteiger partial charge in [-0.05, 0) is 43.4 Å². The Kier molecular flexibility index (Phi) is 4.01. The maximum atomic E-state index is 12.3. The first-order valence-corrected chi connectivity index (χ1v) is 7.97. The average Bonchev–Trinajstić information content (AvgIpc) is 2.35. The van der Waals surface area contributed by atoms with Crippen molar-refractivity contribution < 1.29 is 8.42 Å². The Morgan fingerprint density at radius 3 is 2.84 bits per heavy atom. The molecule has 1 unspecified atom stereocenters. The number of nitrogens with one attached hydrogen (secondary N) is 1. The number of benzene rings is 1. The lowest BCUT2D eigenvalue weighted by Gasteiger charge is -2.30. The standard InChI is InChI=1S/C13H21N3O2S/c1-10-5-4-8-16(9-10)19(17,18)15-13-7-3-6-12(14)11(13)2/h3,6-7,10,15H,4-5,8-9,14H2,1-2H3. The molecule has 0 aliphatic carbocycles. The van der Waals surface area contributed by atoms with Crippen LogP contribution in [0.25, 0.3) is 0 Å². The lowest BCUT2D eigenvalue weighted by atomic mass is 10.0. The third-order valence-corrected chi connectivity index (χ3v) is 5.06. The number of nitrogens with two attached hydrogens (primary N) is 1. The fourth-order valence-electron chi connectivity index (χ4n) is 2.33. The van der Waals surface area contributed by atoms with Gasteiger partial charge in [0, 0.05) is 18.8 Å². The van der Waals surface area contributed by atoms with Gasteiger partial charge in [-0.3, -0.25) is 4.72 Å². The maximum absolute atomic E-state index is 12.3. The van der Waals surface area contributed by atoms with Crippen LogP contribution in [0, 0.1) is 12.8 Å². The minimum Gasteiger partial charge on any atom is -0.398 e. The topological polar surface area (TPSA) is 75.4 Å². The highest BCUT2D eigenvalue weighted by Gasteiger charge is 2.27. The summed E-state index contributed by atoms with van der Waals surface area (Å²) in [5, 5.41) is 0. The van der Waals surface area contributed by atoms with E-state index >= 15 is 0 Å². The molecule has 0 spiro atoms. The van der Waals surface area contributed by atoms with E-state index in [9.17, 15) is 8.42 Å². The summed E-state index contributed by atoms with van der Waals surface area (Å²) in [5.74, 6) is 0.410. The minimum absolute atomic E-state index is 0.410. The van der Waals surface area contributed by atoms with Crippen LogP contribution in [0.15, 0.2) is 18.2 Å². The first-order valence-electron chi connectivity index (χ1n) is 6.53. The van der Waals surface area contributed by atoms with Gasteiger partial charge in [0.2, 0.25) is 0 Å². The van der Waals surface area contributed by atoms with Gasteiger partial charge < -0.3 is 5.73 Å². The SMILES string of the molecule is Cc1c(N)cccc1NS(=O)(=O)N1CCCC(C)C1. The Bertz CT molecular complexity index is 557. The summed E-state index contributed by atoms with van der Waals surface area (Å²) in [6.07, 6.45) is 2.00. The summed E-state index contributed by atoms with van der Waals surface area (Å²) in [7, 11) is -3.48. The second kappa shape index (κ2) is 5.38. The van der Waals surface area contributed by atoms with Gasteiger partial charge >= 0.3 is 10.2 Å². The summed E-state index contributed by atoms with van der Waals surface area (Å²) in [5.41, 5.74) is 7.70. The molecule has 1 aromatic carbocycles. The molecule has 2 rings (SSSR count). The quantitative estimate of drug-likeness (QED) is 0.833. The second-order valence-electron chi connectivity index (χ2n) is 5.23. The lowest BCUT2D eigenvalue weighted by molar-refractivity contribution is 0.282. The fraction of sp³-hybridized carbons (Fsp3) is 0.538. The molecule has 0 bridgehead atoms. The zero-order chi connectivity index (χ0) is 14.0. The van der Waals surface area contributed by atoms with Crippen molar-refractivity contribution in [1.29, 1.82) is 0 Å². The second-order valence-corrected chi connectivity index (χ2v) is 6.90. The Morgan fingerprint density at radius 2 is 2.16 bits per heavy atom. The predicted octanol–water partition coefficient (Wildman–Crippen LogP) is 1.97. The molecule has 3 N–H and O–H groups in total. The highest BCUT2D eigenvalue weighted by atomic mass is 32.2. The van der Waals surface area contributed by atoms with Crippen LogP contribution < -0.4 is 10.5 Å². The van der Waals surface area contributed by atoms with Crippen LogP contribution in [0.5, 0.6) is 0 Å². The fourth-order valence-corrected chi connectivity index (χ4v) is 3.78. The monoisotopic (exact) mass is 283 g/mol. The molecule has 1 heterocycles. The Hall–Kier alpha value is -1.27. The van der Waals surface area contributed by atoms with Crippen LogP contribution in [-0.4, -0.2) is 25.8 Å². The summed E-state index contributed by atoms with van der Waals surface area (Å²) in [6.45, 7) is 5.05. The molecule has 1 saturated heterocycles. The summed E-state index contributed by atoms with van der Waals surface area (Å²) < 4.78 is 28.8. The zero-order valence-electron chi connectivity index (χ0n) is 11.4. The van der Waals surface area contributed by atoms with Gasteiger partial charge in [-0.1, -0.05) is 13.0 Å². The Labute approximate surface area is 115 Å². The number of piperidine rings is 1. The third kappa shape index (κ3) is 3.19. The number of nitrogen functional groups attached to an aromatic ring is 1. The highest BCUT2D eigenvalue weighted by Crippen LogP contribution is 2.24. The van der Waals surface area contributed by atoms with Crippen LogP contribution in [0.3, 0.4) is 0 Å². The first-order chi connectivity index (χ1) is 8.90. The van der Waals surface area contributed by atoms with E-state index in [-0.39, 0.29) is 0 Å². The van der Waals surface area contributed by atoms with Crippen molar-refractivity contribution in [2.24, 2.45) is 5.92 Å². The molecule has 1 atom stereocenters. The number of nitrogens with zero attached hydrogens (tertiary/aromatic N) is 1. The van der Waals surface area contributed by atoms with Gasteiger partial charge in [-0.15, -0.1) is 0 Å². The van der Waals surface area contributed by atoms with E-state index in [1.807, 2.05) is 6.92 Å². The lowest BCUT2D eigenvalue weighted by Crippen LogP contribution is -2.42. The van der Waals surface area contributed by atoms with Gasteiger partial charge in [-0.25, -0.2) is 0 Å². The van der Waals surface area contributed by atoms with E-state index in [1.54, 1.807) is 18.2 Å². The van der Waals surface area contributed by atoms with Gasteiger partial charge in [0.25, 0.3) is 0 Å². The molecule has 6 heteroatoms. The number of anilines is 2. The molecular weight excluding hydrogens is 262 g/mol.